The van der Waals surface area contributed by atoms with E-state index in [1.807, 2.05) is 37.3 Å². The van der Waals surface area contributed by atoms with Crippen LogP contribution in [0.5, 0.6) is 0 Å². The number of hydrogen-bond acceptors (Lipinski definition) is 6. The lowest BCUT2D eigenvalue weighted by Gasteiger charge is -2.09. The number of ether oxygens (including phenoxy) is 1. The van der Waals surface area contributed by atoms with Gasteiger partial charge in [-0.1, -0.05) is 24.3 Å². The fourth-order valence-electron chi connectivity index (χ4n) is 2.38. The number of aromatic nitrogens is 2. The highest BCUT2D eigenvalue weighted by Crippen LogP contribution is 2.16. The highest BCUT2D eigenvalue weighted by atomic mass is 32.1. The summed E-state index contributed by atoms with van der Waals surface area (Å²) in [4.78, 5) is 36.1. The number of esters is 1. The standard InChI is InChI=1S/C19H18N4O4S/c1-13-10-16(23(22-13)14-6-3-2-4-7-14)21-17(24)12-27-18(25)11-20-19(26)15-8-5-9-28-15/h2-10H,11-12H2,1H3,(H,20,26)(H,21,24). The summed E-state index contributed by atoms with van der Waals surface area (Å²) in [5.41, 5.74) is 1.52. The SMILES string of the molecule is Cc1cc(NC(=O)COC(=O)CNC(=O)c2cccs2)n(-c2ccccc2)n1. The third-order valence-electron chi connectivity index (χ3n) is 3.60. The molecule has 9 heteroatoms. The Morgan fingerprint density at radius 2 is 1.93 bits per heavy atom. The van der Waals surface area contributed by atoms with Gasteiger partial charge in [0.25, 0.3) is 11.8 Å². The van der Waals surface area contributed by atoms with E-state index in [0.717, 1.165) is 11.4 Å². The van der Waals surface area contributed by atoms with Crippen LogP contribution in [0.4, 0.5) is 5.82 Å². The maximum absolute atomic E-state index is 12.1. The number of carbonyl (C=O) groups is 3. The molecule has 0 unspecified atom stereocenters. The first-order valence-corrected chi connectivity index (χ1v) is 9.30. The summed E-state index contributed by atoms with van der Waals surface area (Å²) in [5, 5.41) is 11.2. The molecule has 0 fully saturated rings. The molecule has 0 aliphatic carbocycles. The van der Waals surface area contributed by atoms with Crippen LogP contribution >= 0.6 is 11.3 Å². The molecule has 144 valence electrons. The largest absolute Gasteiger partial charge is 0.454 e. The van der Waals surface area contributed by atoms with Gasteiger partial charge in [0, 0.05) is 6.07 Å². The second kappa shape index (κ2) is 8.96. The van der Waals surface area contributed by atoms with Gasteiger partial charge in [-0.25, -0.2) is 4.68 Å². The summed E-state index contributed by atoms with van der Waals surface area (Å²) in [5.74, 6) is -1.10. The summed E-state index contributed by atoms with van der Waals surface area (Å²) in [6, 6.07) is 14.4. The molecule has 0 aliphatic heterocycles. The molecule has 0 atom stereocenters. The predicted octanol–water partition coefficient (Wildman–Crippen LogP) is 2.15. The molecule has 0 spiro atoms. The summed E-state index contributed by atoms with van der Waals surface area (Å²) in [7, 11) is 0. The van der Waals surface area contributed by atoms with Crippen LogP contribution in [0.3, 0.4) is 0 Å². The minimum atomic E-state index is -0.701. The number of nitrogens with one attached hydrogen (secondary N) is 2. The number of nitrogens with zero attached hydrogens (tertiary/aromatic N) is 2. The lowest BCUT2D eigenvalue weighted by atomic mass is 10.3. The van der Waals surface area contributed by atoms with Gasteiger partial charge in [0.05, 0.1) is 16.3 Å². The summed E-state index contributed by atoms with van der Waals surface area (Å²) in [6.07, 6.45) is 0. The van der Waals surface area contributed by atoms with E-state index < -0.39 is 18.5 Å². The van der Waals surface area contributed by atoms with E-state index in [9.17, 15) is 14.4 Å². The van der Waals surface area contributed by atoms with E-state index in [0.29, 0.717) is 10.7 Å². The zero-order valence-electron chi connectivity index (χ0n) is 15.0. The van der Waals surface area contributed by atoms with Crippen molar-refractivity contribution < 1.29 is 19.1 Å². The van der Waals surface area contributed by atoms with E-state index in [1.54, 1.807) is 28.3 Å². The van der Waals surface area contributed by atoms with Crippen molar-refractivity contribution in [3.8, 4) is 5.69 Å². The first-order chi connectivity index (χ1) is 13.5. The summed E-state index contributed by atoms with van der Waals surface area (Å²) < 4.78 is 6.50. The molecule has 8 nitrogen and oxygen atoms in total. The van der Waals surface area contributed by atoms with Crippen molar-refractivity contribution in [2.45, 2.75) is 6.92 Å². The van der Waals surface area contributed by atoms with Crippen molar-refractivity contribution in [3.05, 3.63) is 64.5 Å². The normalized spacial score (nSPS) is 10.3. The van der Waals surface area contributed by atoms with E-state index in [-0.39, 0.29) is 12.5 Å². The Hall–Kier alpha value is -3.46. The number of benzene rings is 1. The van der Waals surface area contributed by atoms with E-state index in [1.165, 1.54) is 11.3 Å². The maximum Gasteiger partial charge on any atom is 0.325 e. The van der Waals surface area contributed by atoms with Crippen LogP contribution in [0, 0.1) is 6.92 Å². The first kappa shape index (κ1) is 19.3. The zero-order chi connectivity index (χ0) is 19.9. The molecule has 3 aromatic rings. The molecule has 3 rings (SSSR count). The van der Waals surface area contributed by atoms with Crippen molar-refractivity contribution in [2.24, 2.45) is 0 Å². The number of thiophene rings is 1. The number of rotatable bonds is 7. The van der Waals surface area contributed by atoms with Gasteiger partial charge < -0.3 is 15.4 Å². The lowest BCUT2D eigenvalue weighted by Crippen LogP contribution is -2.32. The highest BCUT2D eigenvalue weighted by Gasteiger charge is 2.14. The van der Waals surface area contributed by atoms with Crippen LogP contribution in [0.25, 0.3) is 5.69 Å². The van der Waals surface area contributed by atoms with Gasteiger partial charge >= 0.3 is 5.97 Å². The number of hydrogen-bond donors (Lipinski definition) is 2. The van der Waals surface area contributed by atoms with Crippen LogP contribution < -0.4 is 10.6 Å². The predicted molar refractivity (Wildman–Crippen MR) is 105 cm³/mol. The van der Waals surface area contributed by atoms with Crippen LogP contribution in [-0.2, 0) is 14.3 Å². The van der Waals surface area contributed by atoms with Crippen molar-refractivity contribution in [3.63, 3.8) is 0 Å². The van der Waals surface area contributed by atoms with Crippen LogP contribution in [-0.4, -0.2) is 40.7 Å². The van der Waals surface area contributed by atoms with Gasteiger partial charge in [-0.3, -0.25) is 14.4 Å². The van der Waals surface area contributed by atoms with Gasteiger partial charge in [0.2, 0.25) is 0 Å². The number of anilines is 1. The molecule has 28 heavy (non-hydrogen) atoms. The average molecular weight is 398 g/mol. The Bertz CT molecular complexity index is 967. The lowest BCUT2D eigenvalue weighted by molar-refractivity contribution is -0.146. The fraction of sp³-hybridized carbons (Fsp3) is 0.158. The van der Waals surface area contributed by atoms with Gasteiger partial charge in [-0.05, 0) is 30.5 Å². The van der Waals surface area contributed by atoms with Gasteiger partial charge in [0.1, 0.15) is 12.4 Å². The second-order valence-electron chi connectivity index (χ2n) is 5.79. The number of carbonyl (C=O) groups excluding carboxylic acids is 3. The van der Waals surface area contributed by atoms with Crippen molar-refractivity contribution in [1.82, 2.24) is 15.1 Å². The van der Waals surface area contributed by atoms with Gasteiger partial charge in [-0.2, -0.15) is 5.10 Å². The summed E-state index contributed by atoms with van der Waals surface area (Å²) >= 11 is 1.27. The number of aryl methyl sites for hydroxylation is 1. The Kier molecular flexibility index (Phi) is 6.18. The smallest absolute Gasteiger partial charge is 0.325 e. The third kappa shape index (κ3) is 5.04. The quantitative estimate of drug-likeness (QED) is 0.594. The monoisotopic (exact) mass is 398 g/mol. The molecule has 0 radical (unpaired) electrons. The molecule has 0 saturated carbocycles. The maximum atomic E-state index is 12.1. The zero-order valence-corrected chi connectivity index (χ0v) is 15.9. The van der Waals surface area contributed by atoms with Crippen molar-refractivity contribution >= 4 is 34.9 Å². The number of amides is 2. The molecular weight excluding hydrogens is 380 g/mol. The Morgan fingerprint density at radius 1 is 1.14 bits per heavy atom. The molecule has 2 N–H and O–H groups in total. The third-order valence-corrected chi connectivity index (χ3v) is 4.47. The van der Waals surface area contributed by atoms with E-state index in [4.69, 9.17) is 4.74 Å². The second-order valence-corrected chi connectivity index (χ2v) is 6.73. The molecule has 2 heterocycles. The molecule has 0 bridgehead atoms. The average Bonchev–Trinajstić information content (AvgIpc) is 3.35. The molecule has 0 aliphatic rings. The highest BCUT2D eigenvalue weighted by molar-refractivity contribution is 7.12. The first-order valence-electron chi connectivity index (χ1n) is 8.42. The Balaban J connectivity index is 1.50. The minimum Gasteiger partial charge on any atom is -0.454 e. The van der Waals surface area contributed by atoms with Crippen molar-refractivity contribution in [1.29, 1.82) is 0 Å². The fourth-order valence-corrected chi connectivity index (χ4v) is 3.02. The molecule has 0 saturated heterocycles. The number of para-hydroxylation sites is 1. The molecule has 2 aromatic heterocycles. The van der Waals surface area contributed by atoms with Crippen molar-refractivity contribution in [2.75, 3.05) is 18.5 Å². The van der Waals surface area contributed by atoms with E-state index >= 15 is 0 Å². The molecular formula is C19H18N4O4S. The van der Waals surface area contributed by atoms with Gasteiger partial charge in [-0.15, -0.1) is 11.3 Å². The van der Waals surface area contributed by atoms with Gasteiger partial charge in [0.15, 0.2) is 6.61 Å². The Morgan fingerprint density at radius 3 is 2.64 bits per heavy atom. The minimum absolute atomic E-state index is 0.314. The summed E-state index contributed by atoms with van der Waals surface area (Å²) in [6.45, 7) is 1.03. The van der Waals surface area contributed by atoms with E-state index in [2.05, 4.69) is 15.7 Å². The van der Waals surface area contributed by atoms with Crippen LogP contribution in [0.15, 0.2) is 53.9 Å². The van der Waals surface area contributed by atoms with Crippen LogP contribution in [0.1, 0.15) is 15.4 Å². The topological polar surface area (TPSA) is 102 Å². The molecule has 2 amide bonds. The van der Waals surface area contributed by atoms with Crippen LogP contribution in [0.2, 0.25) is 0 Å². The molecule has 1 aromatic carbocycles. The Labute approximate surface area is 165 Å².